The molecule has 1 aliphatic rings. The zero-order valence-electron chi connectivity index (χ0n) is 13.0. The lowest BCUT2D eigenvalue weighted by Crippen LogP contribution is -2.07. The quantitative estimate of drug-likeness (QED) is 0.750. The lowest BCUT2D eigenvalue weighted by atomic mass is 10.0. The smallest absolute Gasteiger partial charge is 0.0485 e. The van der Waals surface area contributed by atoms with Crippen molar-refractivity contribution in [3.8, 4) is 0 Å². The van der Waals surface area contributed by atoms with E-state index >= 15 is 0 Å². The van der Waals surface area contributed by atoms with Crippen molar-refractivity contribution in [2.75, 3.05) is 5.32 Å². The Morgan fingerprint density at radius 3 is 2.38 bits per heavy atom. The highest BCUT2D eigenvalue weighted by molar-refractivity contribution is 9.10. The van der Waals surface area contributed by atoms with Gasteiger partial charge in [0.2, 0.25) is 0 Å². The van der Waals surface area contributed by atoms with Gasteiger partial charge in [0.1, 0.15) is 0 Å². The monoisotopic (exact) mass is 343 g/mol. The fourth-order valence-corrected chi connectivity index (χ4v) is 3.45. The second kappa shape index (κ2) is 5.84. The van der Waals surface area contributed by atoms with Gasteiger partial charge in [0.05, 0.1) is 0 Å². The van der Waals surface area contributed by atoms with Gasteiger partial charge in [-0.25, -0.2) is 0 Å². The molecule has 1 aliphatic carbocycles. The molecule has 0 radical (unpaired) electrons. The minimum absolute atomic E-state index is 0.330. The molecule has 0 saturated carbocycles. The second-order valence-corrected chi connectivity index (χ2v) is 6.96. The molecule has 110 valence electrons. The van der Waals surface area contributed by atoms with Crippen molar-refractivity contribution >= 4 is 21.6 Å². The summed E-state index contributed by atoms with van der Waals surface area (Å²) >= 11 is 3.63. The van der Waals surface area contributed by atoms with E-state index in [1.54, 1.807) is 11.1 Å². The van der Waals surface area contributed by atoms with Crippen LogP contribution in [0.4, 0.5) is 5.69 Å². The van der Waals surface area contributed by atoms with Gasteiger partial charge in [-0.2, -0.15) is 0 Å². The normalized spacial score (nSPS) is 14.9. The molecular weight excluding hydrogens is 322 g/mol. The molecule has 0 bridgehead atoms. The molecule has 2 aromatic carbocycles. The molecule has 2 aromatic rings. The molecule has 1 N–H and O–H groups in total. The third-order valence-corrected chi connectivity index (χ3v) is 5.69. The molecule has 21 heavy (non-hydrogen) atoms. The van der Waals surface area contributed by atoms with Crippen molar-refractivity contribution in [1.82, 2.24) is 0 Å². The Morgan fingerprint density at radius 1 is 1.00 bits per heavy atom. The highest BCUT2D eigenvalue weighted by Gasteiger charge is 2.14. The van der Waals surface area contributed by atoms with E-state index < -0.39 is 0 Å². The van der Waals surface area contributed by atoms with Crippen LogP contribution in [0.15, 0.2) is 34.8 Å². The third kappa shape index (κ3) is 3.01. The van der Waals surface area contributed by atoms with E-state index in [0.717, 1.165) is 0 Å². The van der Waals surface area contributed by atoms with Crippen LogP contribution >= 0.6 is 15.9 Å². The first-order chi connectivity index (χ1) is 10.0. The molecule has 1 unspecified atom stereocenters. The molecule has 0 aliphatic heterocycles. The van der Waals surface area contributed by atoms with Crippen LogP contribution in [0.2, 0.25) is 0 Å². The molecule has 0 spiro atoms. The molecule has 0 amide bonds. The van der Waals surface area contributed by atoms with E-state index in [-0.39, 0.29) is 0 Å². The van der Waals surface area contributed by atoms with Crippen molar-refractivity contribution < 1.29 is 0 Å². The van der Waals surface area contributed by atoms with E-state index in [0.29, 0.717) is 6.04 Å². The Bertz CT molecular complexity index is 652. The summed E-state index contributed by atoms with van der Waals surface area (Å²) in [6.45, 7) is 6.52. The fraction of sp³-hybridized carbons (Fsp3) is 0.368. The highest BCUT2D eigenvalue weighted by atomic mass is 79.9. The largest absolute Gasteiger partial charge is 0.379 e. The predicted molar refractivity (Wildman–Crippen MR) is 94.1 cm³/mol. The molecule has 1 nitrogen and oxygen atoms in total. The molecular formula is C19H22BrN. The number of hydrogen-bond acceptors (Lipinski definition) is 1. The number of aryl methyl sites for hydroxylation is 4. The van der Waals surface area contributed by atoms with Crippen molar-refractivity contribution in [2.45, 2.75) is 46.1 Å². The molecule has 0 fully saturated rings. The third-order valence-electron chi connectivity index (χ3n) is 4.44. The van der Waals surface area contributed by atoms with Gasteiger partial charge in [-0.1, -0.05) is 34.1 Å². The number of anilines is 1. The minimum atomic E-state index is 0.330. The van der Waals surface area contributed by atoms with Gasteiger partial charge in [-0.05, 0) is 80.0 Å². The maximum Gasteiger partial charge on any atom is 0.0485 e. The van der Waals surface area contributed by atoms with E-state index in [2.05, 4.69) is 72.3 Å². The fourth-order valence-electron chi connectivity index (χ4n) is 3.22. The summed E-state index contributed by atoms with van der Waals surface area (Å²) in [7, 11) is 0. The first-order valence-electron chi connectivity index (χ1n) is 7.69. The molecule has 2 heteroatoms. The Hall–Kier alpha value is -1.28. The van der Waals surface area contributed by atoms with Crippen LogP contribution in [0, 0.1) is 13.8 Å². The standard InChI is InChI=1S/C19H22BrN/c1-12-9-18(10-13(2)19(12)20)21-14(3)16-8-7-15-5-4-6-17(15)11-16/h7-11,14,21H,4-6H2,1-3H3. The van der Waals surface area contributed by atoms with Gasteiger partial charge < -0.3 is 5.32 Å². The summed E-state index contributed by atoms with van der Waals surface area (Å²) in [4.78, 5) is 0. The Kier molecular flexibility index (Phi) is 4.08. The molecule has 0 heterocycles. The van der Waals surface area contributed by atoms with Gasteiger partial charge in [-0.3, -0.25) is 0 Å². The van der Waals surface area contributed by atoms with Crippen LogP contribution in [-0.4, -0.2) is 0 Å². The van der Waals surface area contributed by atoms with Crippen molar-refractivity contribution in [3.63, 3.8) is 0 Å². The topological polar surface area (TPSA) is 12.0 Å². The Morgan fingerprint density at radius 2 is 1.67 bits per heavy atom. The van der Waals surface area contributed by atoms with Crippen LogP contribution < -0.4 is 5.32 Å². The average Bonchev–Trinajstić information content (AvgIpc) is 2.91. The Balaban J connectivity index is 1.81. The van der Waals surface area contributed by atoms with Gasteiger partial charge in [0.15, 0.2) is 0 Å². The SMILES string of the molecule is Cc1cc(NC(C)c2ccc3c(c2)CCC3)cc(C)c1Br. The average molecular weight is 344 g/mol. The Labute approximate surface area is 135 Å². The van der Waals surface area contributed by atoms with Gasteiger partial charge in [-0.15, -0.1) is 0 Å². The summed E-state index contributed by atoms with van der Waals surface area (Å²) in [6, 6.07) is 11.7. The molecule has 0 aromatic heterocycles. The number of rotatable bonds is 3. The van der Waals surface area contributed by atoms with Crippen LogP contribution in [0.5, 0.6) is 0 Å². The summed E-state index contributed by atoms with van der Waals surface area (Å²) in [5, 5.41) is 3.64. The first kappa shape index (κ1) is 14.6. The summed E-state index contributed by atoms with van der Waals surface area (Å²) in [5.74, 6) is 0. The predicted octanol–water partition coefficient (Wildman–Crippen LogP) is 5.73. The number of hydrogen-bond donors (Lipinski definition) is 1. The zero-order valence-corrected chi connectivity index (χ0v) is 14.5. The minimum Gasteiger partial charge on any atom is -0.379 e. The molecule has 3 rings (SSSR count). The summed E-state index contributed by atoms with van der Waals surface area (Å²) < 4.78 is 1.21. The molecule has 0 saturated heterocycles. The van der Waals surface area contributed by atoms with Crippen molar-refractivity contribution in [1.29, 1.82) is 0 Å². The number of halogens is 1. The number of nitrogens with one attached hydrogen (secondary N) is 1. The van der Waals surface area contributed by atoms with E-state index in [4.69, 9.17) is 0 Å². The van der Waals surface area contributed by atoms with Gasteiger partial charge >= 0.3 is 0 Å². The number of fused-ring (bicyclic) bond motifs is 1. The lowest BCUT2D eigenvalue weighted by molar-refractivity contribution is 0.878. The van der Waals surface area contributed by atoms with Crippen LogP contribution in [0.3, 0.4) is 0 Å². The van der Waals surface area contributed by atoms with Crippen molar-refractivity contribution in [2.24, 2.45) is 0 Å². The van der Waals surface area contributed by atoms with Gasteiger partial charge in [0, 0.05) is 16.2 Å². The van der Waals surface area contributed by atoms with E-state index in [1.165, 1.54) is 46.1 Å². The summed E-state index contributed by atoms with van der Waals surface area (Å²) in [6.07, 6.45) is 3.81. The number of benzene rings is 2. The second-order valence-electron chi connectivity index (χ2n) is 6.17. The van der Waals surface area contributed by atoms with Crippen LogP contribution in [0.25, 0.3) is 0 Å². The maximum absolute atomic E-state index is 3.64. The zero-order chi connectivity index (χ0) is 15.0. The first-order valence-corrected chi connectivity index (χ1v) is 8.49. The van der Waals surface area contributed by atoms with Crippen LogP contribution in [0.1, 0.15) is 47.2 Å². The lowest BCUT2D eigenvalue weighted by Gasteiger charge is -2.18. The summed E-state index contributed by atoms with van der Waals surface area (Å²) in [5.41, 5.74) is 8.22. The molecule has 1 atom stereocenters. The van der Waals surface area contributed by atoms with Gasteiger partial charge in [0.25, 0.3) is 0 Å². The van der Waals surface area contributed by atoms with E-state index in [1.807, 2.05) is 0 Å². The maximum atomic E-state index is 3.64. The van der Waals surface area contributed by atoms with Crippen molar-refractivity contribution in [3.05, 3.63) is 62.6 Å². The highest BCUT2D eigenvalue weighted by Crippen LogP contribution is 2.29. The van der Waals surface area contributed by atoms with Crippen LogP contribution in [-0.2, 0) is 12.8 Å². The van der Waals surface area contributed by atoms with E-state index in [9.17, 15) is 0 Å².